The summed E-state index contributed by atoms with van der Waals surface area (Å²) in [6, 6.07) is 9.55. The number of hydrogen-bond acceptors (Lipinski definition) is 6. The molecular weight excluding hydrogens is 331 g/mol. The summed E-state index contributed by atoms with van der Waals surface area (Å²) in [6.07, 6.45) is 1.44. The van der Waals surface area contributed by atoms with E-state index in [0.29, 0.717) is 32.1 Å². The molecule has 0 unspecified atom stereocenters. The number of amidine groups is 1. The van der Waals surface area contributed by atoms with Crippen LogP contribution in [0.5, 0.6) is 5.75 Å². The van der Waals surface area contributed by atoms with E-state index in [9.17, 15) is 4.57 Å². The standard InChI is InChI=1S/C14H17N2O5P.C2H6/c17-22-21-15-13(20-12-4-2-1-3-5-12)16-8-6-14(7-9-16)18-10-11-19-14;1-2/h1-5H,6-11H2;1-2H3/b15-13-;. The minimum Gasteiger partial charge on any atom is -0.424 e. The van der Waals surface area contributed by atoms with Gasteiger partial charge in [0.15, 0.2) is 5.79 Å². The predicted molar refractivity (Wildman–Crippen MR) is 90.0 cm³/mol. The van der Waals surface area contributed by atoms with Gasteiger partial charge in [0, 0.05) is 25.9 Å². The molecule has 1 spiro atoms. The van der Waals surface area contributed by atoms with Crippen molar-refractivity contribution in [1.82, 2.24) is 4.90 Å². The number of oxime groups is 1. The highest BCUT2D eigenvalue weighted by molar-refractivity contribution is 7.17. The van der Waals surface area contributed by atoms with Crippen molar-refractivity contribution in [3.63, 3.8) is 0 Å². The summed E-state index contributed by atoms with van der Waals surface area (Å²) in [4.78, 5) is 1.93. The number of likely N-dealkylation sites (tertiary alicyclic amines) is 1. The van der Waals surface area contributed by atoms with Gasteiger partial charge < -0.3 is 19.1 Å². The molecule has 2 aliphatic heterocycles. The van der Waals surface area contributed by atoms with Gasteiger partial charge in [-0.2, -0.15) is 0 Å². The van der Waals surface area contributed by atoms with Crippen molar-refractivity contribution < 1.29 is 23.4 Å². The Kier molecular flexibility index (Phi) is 7.43. The Labute approximate surface area is 143 Å². The van der Waals surface area contributed by atoms with Crippen LogP contribution in [-0.4, -0.2) is 43.0 Å². The number of nitrogens with zero attached hydrogens (tertiary/aromatic N) is 2. The second-order valence-corrected chi connectivity index (χ2v) is 5.35. The van der Waals surface area contributed by atoms with Crippen LogP contribution in [0.2, 0.25) is 0 Å². The third-order valence-corrected chi connectivity index (χ3v) is 3.86. The number of rotatable bonds is 3. The van der Waals surface area contributed by atoms with Gasteiger partial charge in [-0.05, 0) is 17.3 Å². The summed E-state index contributed by atoms with van der Waals surface area (Å²) in [5, 5.41) is 3.79. The first kappa shape index (κ1) is 18.6. The molecule has 2 heterocycles. The molecule has 0 amide bonds. The summed E-state index contributed by atoms with van der Waals surface area (Å²) in [5.74, 6) is 0.174. The molecule has 3 rings (SSSR count). The van der Waals surface area contributed by atoms with Crippen LogP contribution in [0, 0.1) is 0 Å². The van der Waals surface area contributed by atoms with Gasteiger partial charge in [-0.3, -0.25) is 4.62 Å². The van der Waals surface area contributed by atoms with Crippen molar-refractivity contribution >= 4 is 14.7 Å². The van der Waals surface area contributed by atoms with Crippen LogP contribution >= 0.6 is 8.69 Å². The lowest BCUT2D eigenvalue weighted by atomic mass is 10.0. The maximum atomic E-state index is 10.5. The van der Waals surface area contributed by atoms with Crippen molar-refractivity contribution in [2.24, 2.45) is 5.16 Å². The summed E-state index contributed by atoms with van der Waals surface area (Å²) < 4.78 is 32.2. The first-order chi connectivity index (χ1) is 11.8. The highest BCUT2D eigenvalue weighted by atomic mass is 31.1. The van der Waals surface area contributed by atoms with E-state index in [4.69, 9.17) is 14.2 Å². The zero-order chi connectivity index (χ0) is 17.3. The molecule has 0 radical (unpaired) electrons. The van der Waals surface area contributed by atoms with Crippen LogP contribution in [0.4, 0.5) is 0 Å². The van der Waals surface area contributed by atoms with Gasteiger partial charge in [0.05, 0.1) is 13.2 Å². The maximum Gasteiger partial charge on any atom is 0.419 e. The Hall–Kier alpha value is -1.69. The van der Waals surface area contributed by atoms with Crippen molar-refractivity contribution in [2.45, 2.75) is 32.5 Å². The number of benzene rings is 1. The molecule has 1 aromatic carbocycles. The molecular formula is C16H23N2O5P. The Balaban J connectivity index is 0.00000100. The third kappa shape index (κ3) is 4.90. The van der Waals surface area contributed by atoms with E-state index in [1.54, 1.807) is 0 Å². The summed E-state index contributed by atoms with van der Waals surface area (Å²) in [6.45, 7) is 6.59. The van der Waals surface area contributed by atoms with Crippen LogP contribution in [0.1, 0.15) is 26.7 Å². The van der Waals surface area contributed by atoms with Gasteiger partial charge in [-0.1, -0.05) is 32.0 Å². The van der Waals surface area contributed by atoms with E-state index < -0.39 is 14.5 Å². The van der Waals surface area contributed by atoms with Gasteiger partial charge in [0.2, 0.25) is 0 Å². The van der Waals surface area contributed by atoms with Gasteiger partial charge >= 0.3 is 14.7 Å². The van der Waals surface area contributed by atoms with Crippen molar-refractivity contribution in [2.75, 3.05) is 26.3 Å². The Bertz CT molecular complexity index is 525. The zero-order valence-electron chi connectivity index (χ0n) is 14.0. The monoisotopic (exact) mass is 354 g/mol. The fraction of sp³-hybridized carbons (Fsp3) is 0.562. The fourth-order valence-corrected chi connectivity index (χ4v) is 2.71. The highest BCUT2D eigenvalue weighted by Gasteiger charge is 2.40. The van der Waals surface area contributed by atoms with Crippen LogP contribution in [0.25, 0.3) is 0 Å². The Morgan fingerprint density at radius 3 is 2.38 bits per heavy atom. The summed E-state index contributed by atoms with van der Waals surface area (Å²) in [7, 11) is -0.520. The highest BCUT2D eigenvalue weighted by Crippen LogP contribution is 2.31. The quantitative estimate of drug-likeness (QED) is 0.358. The molecule has 0 atom stereocenters. The van der Waals surface area contributed by atoms with Crippen LogP contribution in [0.3, 0.4) is 0 Å². The lowest BCUT2D eigenvalue weighted by Gasteiger charge is -2.37. The van der Waals surface area contributed by atoms with Gasteiger partial charge in [0.25, 0.3) is 0 Å². The first-order valence-electron chi connectivity index (χ1n) is 8.14. The summed E-state index contributed by atoms with van der Waals surface area (Å²) >= 11 is 0. The fourth-order valence-electron chi connectivity index (χ4n) is 2.61. The molecule has 0 bridgehead atoms. The Morgan fingerprint density at radius 2 is 1.79 bits per heavy atom. The number of piperidine rings is 1. The molecule has 2 aliphatic rings. The molecule has 132 valence electrons. The molecule has 24 heavy (non-hydrogen) atoms. The number of para-hydroxylation sites is 1. The molecule has 1 aromatic rings. The van der Waals surface area contributed by atoms with E-state index in [0.717, 1.165) is 12.8 Å². The molecule has 0 N–H and O–H groups in total. The molecule has 0 aliphatic carbocycles. The largest absolute Gasteiger partial charge is 0.424 e. The SMILES string of the molecule is CC.O=PO/N=C(\Oc1ccccc1)N1CCC2(CC1)OCCO2. The minimum absolute atomic E-state index is 0.280. The molecule has 0 saturated carbocycles. The third-order valence-electron chi connectivity index (χ3n) is 3.71. The van der Waals surface area contributed by atoms with Crippen LogP contribution in [0.15, 0.2) is 35.5 Å². The molecule has 2 saturated heterocycles. The molecule has 2 fully saturated rings. The van der Waals surface area contributed by atoms with Crippen LogP contribution in [-0.2, 0) is 18.7 Å². The second-order valence-electron chi connectivity index (χ2n) is 5.04. The smallest absolute Gasteiger partial charge is 0.419 e. The Morgan fingerprint density at radius 1 is 1.17 bits per heavy atom. The average Bonchev–Trinajstić information content (AvgIpc) is 3.10. The lowest BCUT2D eigenvalue weighted by molar-refractivity contribution is -0.181. The van der Waals surface area contributed by atoms with Gasteiger partial charge in [-0.15, -0.1) is 0 Å². The molecule has 7 nitrogen and oxygen atoms in total. The van der Waals surface area contributed by atoms with Gasteiger partial charge in [-0.25, -0.2) is 4.57 Å². The zero-order valence-corrected chi connectivity index (χ0v) is 14.9. The van der Waals surface area contributed by atoms with E-state index >= 15 is 0 Å². The van der Waals surface area contributed by atoms with E-state index in [-0.39, 0.29) is 6.02 Å². The topological polar surface area (TPSA) is 69.6 Å². The maximum absolute atomic E-state index is 10.5. The predicted octanol–water partition coefficient (Wildman–Crippen LogP) is 3.42. The van der Waals surface area contributed by atoms with Crippen molar-refractivity contribution in [3.05, 3.63) is 30.3 Å². The second kappa shape index (κ2) is 9.57. The average molecular weight is 354 g/mol. The number of hydrogen-bond donors (Lipinski definition) is 0. The van der Waals surface area contributed by atoms with Crippen molar-refractivity contribution in [1.29, 1.82) is 0 Å². The first-order valence-corrected chi connectivity index (χ1v) is 8.87. The van der Waals surface area contributed by atoms with E-state index in [2.05, 4.69) is 9.78 Å². The van der Waals surface area contributed by atoms with Crippen LogP contribution < -0.4 is 4.74 Å². The summed E-state index contributed by atoms with van der Waals surface area (Å²) in [5.41, 5.74) is 0. The number of ether oxygens (including phenoxy) is 3. The molecule has 0 aromatic heterocycles. The van der Waals surface area contributed by atoms with E-state index in [1.165, 1.54) is 0 Å². The normalized spacial score (nSPS) is 19.8. The molecule has 8 heteroatoms. The lowest BCUT2D eigenvalue weighted by Crippen LogP contribution is -2.48. The van der Waals surface area contributed by atoms with Crippen molar-refractivity contribution in [3.8, 4) is 5.75 Å². The minimum atomic E-state index is -0.520. The van der Waals surface area contributed by atoms with E-state index in [1.807, 2.05) is 49.1 Å². The van der Waals surface area contributed by atoms with Gasteiger partial charge in [0.1, 0.15) is 5.75 Å².